The van der Waals surface area contributed by atoms with Crippen LogP contribution in [0, 0.1) is 18.8 Å². The first-order valence-corrected chi connectivity index (χ1v) is 20.1. The molecule has 2 fully saturated rings. The van der Waals surface area contributed by atoms with Crippen molar-refractivity contribution in [1.29, 1.82) is 0 Å². The SMILES string of the molecule is Cc1cccc2cc(-c3nc(C4CCC(C(=O)O)CC4)n4ncnc(N)c34)[nH]c12.Nc1ncnn2c(C3CCC(C(=O)O)CC3)nc(-c3cc4cccc(Br)c4[nH]3)c12. The van der Waals surface area contributed by atoms with Gasteiger partial charge in [-0.05, 0) is 98.0 Å². The largest absolute Gasteiger partial charge is 0.481 e. The third kappa shape index (κ3) is 6.58. The number of benzene rings is 2. The highest BCUT2D eigenvalue weighted by molar-refractivity contribution is 9.10. The number of nitrogens with two attached hydrogens (primary N) is 2. The molecule has 8 aromatic rings. The Kier molecular flexibility index (Phi) is 9.54. The molecule has 58 heavy (non-hydrogen) atoms. The molecule has 0 aliphatic heterocycles. The van der Waals surface area contributed by atoms with Gasteiger partial charge in [-0.15, -0.1) is 0 Å². The molecular formula is C41H41BrN12O4. The van der Waals surface area contributed by atoms with Gasteiger partial charge in [0.05, 0.1) is 28.7 Å². The number of nitrogens with one attached hydrogen (secondary N) is 2. The van der Waals surface area contributed by atoms with E-state index in [4.69, 9.17) is 21.4 Å². The van der Waals surface area contributed by atoms with Crippen molar-refractivity contribution in [2.24, 2.45) is 11.8 Å². The van der Waals surface area contributed by atoms with Crippen LogP contribution < -0.4 is 11.5 Å². The van der Waals surface area contributed by atoms with Gasteiger partial charge >= 0.3 is 11.9 Å². The number of fused-ring (bicyclic) bond motifs is 4. The van der Waals surface area contributed by atoms with Gasteiger partial charge in [-0.3, -0.25) is 9.59 Å². The van der Waals surface area contributed by atoms with Crippen LogP contribution in [0.5, 0.6) is 0 Å². The summed E-state index contributed by atoms with van der Waals surface area (Å²) in [4.78, 5) is 47.7. The predicted octanol–water partition coefficient (Wildman–Crippen LogP) is 7.50. The van der Waals surface area contributed by atoms with Crippen molar-refractivity contribution in [2.75, 3.05) is 11.5 Å². The second-order valence-corrected chi connectivity index (χ2v) is 16.2. The summed E-state index contributed by atoms with van der Waals surface area (Å²) in [6, 6.07) is 16.3. The summed E-state index contributed by atoms with van der Waals surface area (Å²) in [7, 11) is 0. The van der Waals surface area contributed by atoms with Crippen molar-refractivity contribution in [3.05, 3.63) is 82.9 Å². The lowest BCUT2D eigenvalue weighted by Gasteiger charge is -2.24. The number of aryl methyl sites for hydroxylation is 1. The molecular weight excluding hydrogens is 804 g/mol. The van der Waals surface area contributed by atoms with E-state index in [1.54, 1.807) is 9.03 Å². The van der Waals surface area contributed by atoms with Crippen LogP contribution in [0.15, 0.2) is 65.7 Å². The fourth-order valence-corrected chi connectivity index (χ4v) is 9.22. The number of nitrogen functional groups attached to an aromatic ring is 2. The van der Waals surface area contributed by atoms with Crippen LogP contribution >= 0.6 is 15.9 Å². The predicted molar refractivity (Wildman–Crippen MR) is 222 cm³/mol. The third-order valence-corrected chi connectivity index (χ3v) is 12.5. The number of carbonyl (C=O) groups is 2. The fourth-order valence-electron chi connectivity index (χ4n) is 8.74. The van der Waals surface area contributed by atoms with Gasteiger partial charge in [-0.25, -0.2) is 29.0 Å². The number of carboxylic acid groups (broad SMARTS) is 2. The molecule has 6 aromatic heterocycles. The molecule has 8 N–H and O–H groups in total. The van der Waals surface area contributed by atoms with Crippen molar-refractivity contribution in [2.45, 2.75) is 70.1 Å². The zero-order chi connectivity index (χ0) is 40.2. The number of rotatable bonds is 6. The minimum absolute atomic E-state index is 0.136. The van der Waals surface area contributed by atoms with E-state index in [9.17, 15) is 19.8 Å². The number of carboxylic acids is 2. The normalized spacial score (nSPS) is 19.8. The van der Waals surface area contributed by atoms with Crippen LogP contribution in [-0.2, 0) is 9.59 Å². The lowest BCUT2D eigenvalue weighted by atomic mass is 9.82. The first-order chi connectivity index (χ1) is 28.0. The molecule has 17 heteroatoms. The first-order valence-electron chi connectivity index (χ1n) is 19.4. The van der Waals surface area contributed by atoms with E-state index < -0.39 is 11.9 Å². The Bertz CT molecular complexity index is 2670. The Labute approximate surface area is 339 Å². The van der Waals surface area contributed by atoms with Gasteiger partial charge in [0, 0.05) is 32.6 Å². The number of aromatic amines is 2. The summed E-state index contributed by atoms with van der Waals surface area (Å²) in [6.45, 7) is 2.07. The average molecular weight is 846 g/mol. The van der Waals surface area contributed by atoms with Crippen LogP contribution in [0.1, 0.15) is 80.4 Å². The molecule has 2 aliphatic carbocycles. The molecule has 0 atom stereocenters. The molecule has 2 aromatic carbocycles. The number of halogens is 1. The zero-order valence-electron chi connectivity index (χ0n) is 31.6. The Morgan fingerprint density at radius 1 is 0.690 bits per heavy atom. The van der Waals surface area contributed by atoms with Crippen molar-refractivity contribution in [3.8, 4) is 22.8 Å². The number of para-hydroxylation sites is 2. The summed E-state index contributed by atoms with van der Waals surface area (Å²) in [6.07, 6.45) is 8.52. The quantitative estimate of drug-likeness (QED) is 0.0953. The minimum Gasteiger partial charge on any atom is -0.481 e. The summed E-state index contributed by atoms with van der Waals surface area (Å²) in [5.74, 6) is 0.688. The van der Waals surface area contributed by atoms with E-state index in [0.717, 1.165) is 86.3 Å². The van der Waals surface area contributed by atoms with E-state index in [0.29, 0.717) is 54.0 Å². The van der Waals surface area contributed by atoms with E-state index in [1.165, 1.54) is 12.7 Å². The number of aromatic nitrogens is 10. The van der Waals surface area contributed by atoms with Gasteiger partial charge in [-0.1, -0.05) is 30.3 Å². The van der Waals surface area contributed by atoms with Crippen molar-refractivity contribution < 1.29 is 19.8 Å². The van der Waals surface area contributed by atoms with E-state index in [1.807, 2.05) is 30.3 Å². The van der Waals surface area contributed by atoms with Crippen LogP contribution in [0.25, 0.3) is 55.6 Å². The highest BCUT2D eigenvalue weighted by Crippen LogP contribution is 2.40. The molecule has 10 rings (SSSR count). The Morgan fingerprint density at radius 3 is 1.59 bits per heavy atom. The summed E-state index contributed by atoms with van der Waals surface area (Å²) < 4.78 is 4.52. The second-order valence-electron chi connectivity index (χ2n) is 15.3. The van der Waals surface area contributed by atoms with Crippen molar-refractivity contribution in [1.82, 2.24) is 49.1 Å². The van der Waals surface area contributed by atoms with Gasteiger partial charge in [0.25, 0.3) is 0 Å². The molecule has 0 unspecified atom stereocenters. The Morgan fingerprint density at radius 2 is 1.14 bits per heavy atom. The van der Waals surface area contributed by atoms with E-state index in [2.05, 4.69) is 71.2 Å². The maximum absolute atomic E-state index is 11.3. The number of aliphatic carboxylic acids is 2. The molecule has 0 spiro atoms. The number of imidazole rings is 2. The number of H-pyrrole nitrogens is 2. The minimum atomic E-state index is -0.715. The lowest BCUT2D eigenvalue weighted by molar-refractivity contribution is -0.143. The third-order valence-electron chi connectivity index (χ3n) is 11.8. The Hall–Kier alpha value is -6.36. The smallest absolute Gasteiger partial charge is 0.306 e. The summed E-state index contributed by atoms with van der Waals surface area (Å²) >= 11 is 3.58. The molecule has 0 saturated heterocycles. The molecule has 6 heterocycles. The molecule has 2 aliphatic rings. The lowest BCUT2D eigenvalue weighted by Crippen LogP contribution is -2.21. The molecule has 296 valence electrons. The molecule has 0 amide bonds. The van der Waals surface area contributed by atoms with Gasteiger partial charge < -0.3 is 31.6 Å². The van der Waals surface area contributed by atoms with Crippen LogP contribution in [-0.4, -0.2) is 71.3 Å². The number of hydrogen-bond acceptors (Lipinski definition) is 10. The van der Waals surface area contributed by atoms with Gasteiger partial charge in [0.1, 0.15) is 46.7 Å². The summed E-state index contributed by atoms with van der Waals surface area (Å²) in [5.41, 5.74) is 20.2. The molecule has 0 radical (unpaired) electrons. The number of hydrogen-bond donors (Lipinski definition) is 6. The number of nitrogens with zero attached hydrogens (tertiary/aromatic N) is 8. The molecule has 16 nitrogen and oxygen atoms in total. The maximum atomic E-state index is 11.3. The van der Waals surface area contributed by atoms with Gasteiger partial charge in [0.2, 0.25) is 0 Å². The van der Waals surface area contributed by atoms with Crippen LogP contribution in [0.4, 0.5) is 11.6 Å². The number of anilines is 2. The first kappa shape index (κ1) is 37.2. The highest BCUT2D eigenvalue weighted by atomic mass is 79.9. The highest BCUT2D eigenvalue weighted by Gasteiger charge is 2.32. The van der Waals surface area contributed by atoms with Crippen LogP contribution in [0.3, 0.4) is 0 Å². The summed E-state index contributed by atoms with van der Waals surface area (Å²) in [5, 5.41) is 29.6. The monoisotopic (exact) mass is 844 g/mol. The van der Waals surface area contributed by atoms with Crippen molar-refractivity contribution >= 4 is 72.3 Å². The zero-order valence-corrected chi connectivity index (χ0v) is 33.1. The van der Waals surface area contributed by atoms with E-state index in [-0.39, 0.29) is 23.7 Å². The van der Waals surface area contributed by atoms with Crippen molar-refractivity contribution in [3.63, 3.8) is 0 Å². The standard InChI is InChI=1S/C21H22N6O2.C20H19BrN6O2/c1-11-3-2-4-14-9-15(25-16(11)14)17-18-19(22)23-10-24-27(18)20(26-17)12-5-7-13(8-6-12)21(28)29;21-13-3-1-2-12-8-14(25-15(12)13)16-17-18(22)23-9-24-27(17)19(26-16)10-4-6-11(7-5-10)20(28)29/h2-4,9-10,12-13,25H,5-8H2,1H3,(H,28,29)(H2,22,23,24);1-3,8-11,25H,4-7H2,(H,28,29)(H2,22,23,24). The molecule has 0 bridgehead atoms. The van der Waals surface area contributed by atoms with E-state index >= 15 is 0 Å². The van der Waals surface area contributed by atoms with Crippen LogP contribution in [0.2, 0.25) is 0 Å². The van der Waals surface area contributed by atoms with Gasteiger partial charge in [0.15, 0.2) is 11.6 Å². The second kappa shape index (κ2) is 14.9. The topological polar surface area (TPSA) is 244 Å². The Balaban J connectivity index is 0.000000150. The average Bonchev–Trinajstić information content (AvgIpc) is 4.02. The maximum Gasteiger partial charge on any atom is 0.306 e. The fraction of sp³-hybridized carbons (Fsp3) is 0.317. The molecule has 2 saturated carbocycles. The van der Waals surface area contributed by atoms with Gasteiger partial charge in [-0.2, -0.15) is 10.2 Å².